The molecule has 418 valence electrons. The minimum atomic E-state index is -1.00. The van der Waals surface area contributed by atoms with Crippen LogP contribution in [0.15, 0.2) is 48.1 Å². The summed E-state index contributed by atoms with van der Waals surface area (Å²) in [6.45, 7) is 11.6. The number of aliphatic hydroxyl groups is 1. The number of benzene rings is 2. The van der Waals surface area contributed by atoms with Crippen LogP contribution in [0, 0.1) is 12.3 Å². The van der Waals surface area contributed by atoms with Crippen LogP contribution in [0.1, 0.15) is 70.4 Å². The zero-order valence-corrected chi connectivity index (χ0v) is 46.2. The maximum Gasteiger partial charge on any atom is 0.269 e. The van der Waals surface area contributed by atoms with Gasteiger partial charge in [-0.2, -0.15) is 5.10 Å². The van der Waals surface area contributed by atoms with Gasteiger partial charge < -0.3 is 65.8 Å². The van der Waals surface area contributed by atoms with E-state index < -0.39 is 41.3 Å². The monoisotopic (exact) mass is 1090 g/mol. The molecule has 0 bridgehead atoms. The molecule has 3 aliphatic rings. The molecule has 5 heterocycles. The van der Waals surface area contributed by atoms with E-state index in [4.69, 9.17) is 29.7 Å². The molecule has 7 N–H and O–H groups in total. The first-order valence-electron chi connectivity index (χ1n) is 26.1. The fraction of sp³-hybridized carbons (Fsp3) is 0.500. The number of piperazine rings is 1. The fourth-order valence-corrected chi connectivity index (χ4v) is 10.6. The highest BCUT2D eigenvalue weighted by Gasteiger charge is 2.44. The van der Waals surface area contributed by atoms with E-state index in [1.54, 1.807) is 34.8 Å². The summed E-state index contributed by atoms with van der Waals surface area (Å²) in [5.74, 6) is -1.77. The van der Waals surface area contributed by atoms with Crippen molar-refractivity contribution in [1.29, 1.82) is 0 Å². The zero-order chi connectivity index (χ0) is 55.7. The van der Waals surface area contributed by atoms with Crippen LogP contribution in [-0.4, -0.2) is 180 Å². The Balaban J connectivity index is 0.768. The van der Waals surface area contributed by atoms with Crippen LogP contribution in [0.2, 0.25) is 0 Å². The first-order valence-corrected chi connectivity index (χ1v) is 27.0. The smallest absolute Gasteiger partial charge is 0.269 e. The number of hydrogen-bond acceptors (Lipinski definition) is 18. The van der Waals surface area contributed by atoms with E-state index in [2.05, 4.69) is 53.2 Å². The maximum atomic E-state index is 14.0. The van der Waals surface area contributed by atoms with E-state index in [9.17, 15) is 29.1 Å². The number of carbonyl (C=O) groups excluding carboxylic acids is 5. The second kappa shape index (κ2) is 25.6. The Bertz CT molecular complexity index is 2950. The number of anilines is 3. The van der Waals surface area contributed by atoms with E-state index in [-0.39, 0.29) is 89.2 Å². The lowest BCUT2D eigenvalue weighted by molar-refractivity contribution is -0.144. The van der Waals surface area contributed by atoms with Gasteiger partial charge in [-0.3, -0.25) is 28.7 Å². The topological polar surface area (TPSA) is 283 Å². The van der Waals surface area contributed by atoms with Gasteiger partial charge in [0.1, 0.15) is 18.7 Å². The Morgan fingerprint density at radius 3 is 2.32 bits per heavy atom. The summed E-state index contributed by atoms with van der Waals surface area (Å²) >= 11 is 1.56. The molecule has 0 radical (unpaired) electrons. The number of β-amino-alcohol motifs (C(OH)–C–C–N with tert-alkyl or cyclic N) is 1. The summed E-state index contributed by atoms with van der Waals surface area (Å²) < 4.78 is 24.5. The maximum absolute atomic E-state index is 14.0. The molecule has 5 aromatic rings. The molecule has 2 fully saturated rings. The summed E-state index contributed by atoms with van der Waals surface area (Å²) in [5.41, 5.74) is 14.4. The highest BCUT2D eigenvalue weighted by atomic mass is 32.1. The van der Waals surface area contributed by atoms with Crippen LogP contribution in [0.25, 0.3) is 21.8 Å². The number of thiazole rings is 1. The van der Waals surface area contributed by atoms with Crippen molar-refractivity contribution in [2.24, 2.45) is 18.2 Å². The second-order valence-corrected chi connectivity index (χ2v) is 21.6. The molecule has 2 saturated heterocycles. The molecule has 23 nitrogen and oxygen atoms in total. The van der Waals surface area contributed by atoms with Gasteiger partial charge in [0.05, 0.1) is 85.0 Å². The average molecular weight is 1090 g/mol. The van der Waals surface area contributed by atoms with Crippen LogP contribution in [0.3, 0.4) is 0 Å². The molecule has 3 aromatic heterocycles. The number of primary amides is 1. The molecule has 78 heavy (non-hydrogen) atoms. The number of aryl methyl sites for hydroxylation is 3. The Hall–Kier alpha value is -7.09. The Morgan fingerprint density at radius 2 is 1.64 bits per heavy atom. The standard InChI is InChI=1S/C54H71N13O10S/c1-32-47(78-31-59-32)34-10-8-33(9-11-34)27-57-51(72)41-26-37(68)29-67(41)52(73)48(54(2,3)4)61-42(69)30-77-23-22-76-21-20-75-19-14-56-50(71)39-24-36(66-17-15-64(5)16-18-66)25-40(46(39)74-7)60-53-58-28-35-12-13-38-44(49(55)70)63-65(6)45(38)43(35)62-53/h8-11,24-25,28,31,37,41,48,68H,12-23,26-27,29-30H2,1-7H3,(H2,55,70)(H,56,71)(H,57,72)(H,61,69)(H,58,60,62)/t37-,41+,48?/m1/s1. The SMILES string of the molecule is COc1c(Nc2ncc3c(n2)-c2c(c(C(N)=O)nn2C)CC3)cc(N2CCN(C)CC2)cc1C(=O)NCCOCCOCCOCC(=O)NC(C(=O)N1C[C@H](O)C[C@H]1C(=O)NCc1ccc(-c2scnc2C)cc1)C(C)(C)C. The van der Waals surface area contributed by atoms with Crippen molar-refractivity contribution in [3.63, 3.8) is 0 Å². The number of nitrogens with one attached hydrogen (secondary N) is 4. The normalized spacial score (nSPS) is 16.8. The Morgan fingerprint density at radius 1 is 0.923 bits per heavy atom. The van der Waals surface area contributed by atoms with Gasteiger partial charge in [-0.1, -0.05) is 45.0 Å². The fourth-order valence-electron chi connectivity index (χ4n) is 9.80. The average Bonchev–Trinajstić information content (AvgIpc) is 4.24. The Labute approximate surface area is 457 Å². The van der Waals surface area contributed by atoms with Crippen molar-refractivity contribution in [3.8, 4) is 27.6 Å². The summed E-state index contributed by atoms with van der Waals surface area (Å²) in [6, 6.07) is 9.67. The number of carbonyl (C=O) groups is 5. The number of fused-ring (bicyclic) bond motifs is 3. The van der Waals surface area contributed by atoms with E-state index in [1.807, 2.05) is 64.1 Å². The molecular weight excluding hydrogens is 1020 g/mol. The lowest BCUT2D eigenvalue weighted by Gasteiger charge is -2.35. The number of likely N-dealkylation sites (tertiary alicyclic amines) is 1. The van der Waals surface area contributed by atoms with Gasteiger partial charge in [0.15, 0.2) is 11.4 Å². The minimum Gasteiger partial charge on any atom is -0.494 e. The molecule has 2 aliphatic heterocycles. The van der Waals surface area contributed by atoms with Gasteiger partial charge >= 0.3 is 0 Å². The summed E-state index contributed by atoms with van der Waals surface area (Å²) in [5, 5.41) is 26.9. The lowest BCUT2D eigenvalue weighted by atomic mass is 9.85. The predicted octanol–water partition coefficient (Wildman–Crippen LogP) is 2.60. The van der Waals surface area contributed by atoms with Gasteiger partial charge in [-0.15, -0.1) is 11.3 Å². The number of nitrogens with two attached hydrogens (primary N) is 1. The van der Waals surface area contributed by atoms with Gasteiger partial charge in [0.2, 0.25) is 23.7 Å². The summed E-state index contributed by atoms with van der Waals surface area (Å²) in [4.78, 5) is 87.4. The molecule has 3 atom stereocenters. The molecule has 1 aliphatic carbocycles. The first-order chi connectivity index (χ1) is 37.4. The van der Waals surface area contributed by atoms with Gasteiger partial charge in [0.25, 0.3) is 11.8 Å². The molecule has 0 spiro atoms. The number of amides is 5. The largest absolute Gasteiger partial charge is 0.494 e. The van der Waals surface area contributed by atoms with Gasteiger partial charge in [-0.25, -0.2) is 15.0 Å². The molecular formula is C54H71N13O10S. The van der Waals surface area contributed by atoms with Crippen molar-refractivity contribution >= 4 is 58.2 Å². The van der Waals surface area contributed by atoms with Crippen molar-refractivity contribution < 1.29 is 48.0 Å². The highest BCUT2D eigenvalue weighted by Crippen LogP contribution is 2.38. The third kappa shape index (κ3) is 13.8. The van der Waals surface area contributed by atoms with Crippen LogP contribution < -0.4 is 36.6 Å². The summed E-state index contributed by atoms with van der Waals surface area (Å²) in [7, 11) is 5.32. The van der Waals surface area contributed by atoms with Gasteiger partial charge in [0, 0.05) is 76.7 Å². The number of likely N-dealkylation sites (N-methyl/N-ethyl adjacent to an activating group) is 1. The predicted molar refractivity (Wildman–Crippen MR) is 293 cm³/mol. The number of hydrogen-bond donors (Lipinski definition) is 6. The number of aliphatic hydroxyl groups excluding tert-OH is 1. The summed E-state index contributed by atoms with van der Waals surface area (Å²) in [6.07, 6.45) is 2.14. The quantitative estimate of drug-likeness (QED) is 0.0513. The van der Waals surface area contributed by atoms with Crippen molar-refractivity contribution in [3.05, 3.63) is 81.7 Å². The van der Waals surface area contributed by atoms with Crippen LogP contribution in [-0.2, 0) is 55.0 Å². The highest BCUT2D eigenvalue weighted by molar-refractivity contribution is 7.13. The van der Waals surface area contributed by atoms with E-state index in [1.165, 1.54) is 12.0 Å². The van der Waals surface area contributed by atoms with E-state index >= 15 is 0 Å². The molecule has 5 amide bonds. The molecule has 8 rings (SSSR count). The number of nitrogens with zero attached hydrogens (tertiary/aromatic N) is 8. The van der Waals surface area contributed by atoms with Crippen molar-refractivity contribution in [2.75, 3.05) is 103 Å². The van der Waals surface area contributed by atoms with Crippen LogP contribution in [0.5, 0.6) is 5.75 Å². The van der Waals surface area contributed by atoms with Crippen LogP contribution in [0.4, 0.5) is 17.3 Å². The Kier molecular flexibility index (Phi) is 18.7. The van der Waals surface area contributed by atoms with Crippen molar-refractivity contribution in [1.82, 2.24) is 50.5 Å². The van der Waals surface area contributed by atoms with E-state index in [0.29, 0.717) is 41.2 Å². The van der Waals surface area contributed by atoms with E-state index in [0.717, 1.165) is 64.7 Å². The zero-order valence-electron chi connectivity index (χ0n) is 45.3. The number of aromatic nitrogens is 5. The number of methoxy groups -OCH3 is 1. The number of ether oxygens (including phenoxy) is 4. The molecule has 1 unspecified atom stereocenters. The van der Waals surface area contributed by atoms with Crippen molar-refractivity contribution in [2.45, 2.75) is 71.7 Å². The van der Waals surface area contributed by atoms with Crippen LogP contribution >= 0.6 is 11.3 Å². The third-order valence-electron chi connectivity index (χ3n) is 14.0. The second-order valence-electron chi connectivity index (χ2n) is 20.7. The minimum absolute atomic E-state index is 0.0395. The first kappa shape index (κ1) is 57.1. The number of rotatable bonds is 23. The molecule has 24 heteroatoms. The molecule has 2 aromatic carbocycles. The lowest BCUT2D eigenvalue weighted by Crippen LogP contribution is -2.58. The molecule has 0 saturated carbocycles. The third-order valence-corrected chi connectivity index (χ3v) is 14.9. The van der Waals surface area contributed by atoms with Gasteiger partial charge in [-0.05, 0) is 61.1 Å².